The summed E-state index contributed by atoms with van der Waals surface area (Å²) in [5.74, 6) is 0.717. The van der Waals surface area contributed by atoms with Crippen LogP contribution < -0.4 is 0 Å². The molecule has 1 nitrogen and oxygen atoms in total. The van der Waals surface area contributed by atoms with Crippen LogP contribution in [0, 0.1) is 12.8 Å². The number of likely N-dealkylation sites (tertiary alicyclic amines) is 1. The topological polar surface area (TPSA) is 3.24 Å². The lowest BCUT2D eigenvalue weighted by atomic mass is 9.58. The normalized spacial score (nSPS) is 30.9. The zero-order chi connectivity index (χ0) is 15.4. The predicted molar refractivity (Wildman–Crippen MR) is 90.6 cm³/mol. The molecule has 0 saturated carbocycles. The van der Waals surface area contributed by atoms with Gasteiger partial charge in [0.25, 0.3) is 0 Å². The van der Waals surface area contributed by atoms with Crippen molar-refractivity contribution < 1.29 is 0 Å². The van der Waals surface area contributed by atoms with Crippen molar-refractivity contribution >= 4 is 0 Å². The molecule has 1 aliphatic heterocycles. The molecule has 2 aliphatic rings. The Kier molecular flexibility index (Phi) is 3.43. The second-order valence-corrected chi connectivity index (χ2v) is 7.67. The van der Waals surface area contributed by atoms with E-state index in [1.54, 1.807) is 11.1 Å². The van der Waals surface area contributed by atoms with Crippen LogP contribution in [0.4, 0.5) is 0 Å². The minimum Gasteiger partial charge on any atom is -0.371 e. The number of aryl methyl sites for hydroxylation is 1. The molecular formula is C20H29N. The highest BCUT2D eigenvalue weighted by Gasteiger charge is 2.48. The lowest BCUT2D eigenvalue weighted by molar-refractivity contribution is 0.0555. The molecule has 3 atom stereocenters. The number of hydrogen-bond acceptors (Lipinski definition) is 1. The highest BCUT2D eigenvalue weighted by Crippen LogP contribution is 2.49. The monoisotopic (exact) mass is 283 g/mol. The molecule has 0 amide bonds. The van der Waals surface area contributed by atoms with Crippen LogP contribution in [0.1, 0.15) is 57.7 Å². The van der Waals surface area contributed by atoms with Gasteiger partial charge in [-0.3, -0.25) is 0 Å². The van der Waals surface area contributed by atoms with Gasteiger partial charge < -0.3 is 4.90 Å². The first-order valence-corrected chi connectivity index (χ1v) is 8.35. The van der Waals surface area contributed by atoms with Crippen molar-refractivity contribution in [2.45, 2.75) is 65.8 Å². The Bertz CT molecular complexity index is 594. The number of hydrogen-bond donors (Lipinski definition) is 0. The van der Waals surface area contributed by atoms with Gasteiger partial charge in [0, 0.05) is 18.3 Å². The summed E-state index contributed by atoms with van der Waals surface area (Å²) in [4.78, 5) is 2.69. The maximum atomic E-state index is 2.69. The second-order valence-electron chi connectivity index (χ2n) is 7.67. The zero-order valence-corrected chi connectivity index (χ0v) is 14.5. The molecule has 0 N–H and O–H groups in total. The van der Waals surface area contributed by atoms with Crippen LogP contribution in [-0.4, -0.2) is 17.5 Å². The van der Waals surface area contributed by atoms with E-state index in [1.165, 1.54) is 36.2 Å². The molecule has 1 saturated heterocycles. The summed E-state index contributed by atoms with van der Waals surface area (Å²) in [5.41, 5.74) is 7.91. The summed E-state index contributed by atoms with van der Waals surface area (Å²) >= 11 is 0. The van der Waals surface area contributed by atoms with Gasteiger partial charge in [0.1, 0.15) is 0 Å². The fourth-order valence-electron chi connectivity index (χ4n) is 4.44. The van der Waals surface area contributed by atoms with Gasteiger partial charge >= 0.3 is 0 Å². The molecule has 1 aromatic rings. The summed E-state index contributed by atoms with van der Waals surface area (Å²) in [5, 5.41) is 0. The van der Waals surface area contributed by atoms with Gasteiger partial charge in [-0.05, 0) is 63.0 Å². The minimum absolute atomic E-state index is 0.350. The number of nitrogens with zero attached hydrogens (tertiary/aromatic N) is 1. The van der Waals surface area contributed by atoms with Gasteiger partial charge in [-0.1, -0.05) is 43.2 Å². The third-order valence-electron chi connectivity index (χ3n) is 6.32. The minimum atomic E-state index is 0.350. The summed E-state index contributed by atoms with van der Waals surface area (Å²) in [6.45, 7) is 15.2. The maximum absolute atomic E-state index is 2.69. The summed E-state index contributed by atoms with van der Waals surface area (Å²) in [7, 11) is 0. The summed E-state index contributed by atoms with van der Waals surface area (Å²) < 4.78 is 0. The molecule has 1 fully saturated rings. The number of rotatable bonds is 1. The zero-order valence-electron chi connectivity index (χ0n) is 14.5. The van der Waals surface area contributed by atoms with Crippen molar-refractivity contribution in [1.29, 1.82) is 0 Å². The molecule has 1 aromatic carbocycles. The van der Waals surface area contributed by atoms with Gasteiger partial charge in [0.05, 0.1) is 0 Å². The van der Waals surface area contributed by atoms with Gasteiger partial charge in [-0.2, -0.15) is 0 Å². The van der Waals surface area contributed by atoms with E-state index in [9.17, 15) is 0 Å². The summed E-state index contributed by atoms with van der Waals surface area (Å²) in [6.07, 6.45) is 2.47. The van der Waals surface area contributed by atoms with Gasteiger partial charge in [0.2, 0.25) is 0 Å². The molecule has 2 bridgehead atoms. The fourth-order valence-corrected chi connectivity index (χ4v) is 4.44. The third kappa shape index (κ3) is 2.13. The van der Waals surface area contributed by atoms with Crippen molar-refractivity contribution in [3.05, 3.63) is 46.2 Å². The van der Waals surface area contributed by atoms with E-state index in [0.717, 1.165) is 5.92 Å². The van der Waals surface area contributed by atoms with Crippen LogP contribution in [0.3, 0.4) is 0 Å². The van der Waals surface area contributed by atoms with E-state index < -0.39 is 0 Å². The Balaban J connectivity index is 2.08. The molecule has 1 aliphatic carbocycles. The molecule has 0 spiro atoms. The highest BCUT2D eigenvalue weighted by atomic mass is 15.2. The van der Waals surface area contributed by atoms with Crippen LogP contribution in [0.5, 0.6) is 0 Å². The second kappa shape index (κ2) is 4.90. The van der Waals surface area contributed by atoms with Crippen molar-refractivity contribution in [2.24, 2.45) is 5.92 Å². The average molecular weight is 283 g/mol. The Labute approximate surface area is 130 Å². The molecule has 1 heteroatoms. The molecule has 3 rings (SSSR count). The summed E-state index contributed by atoms with van der Waals surface area (Å²) in [6, 6.07) is 7.77. The molecule has 0 radical (unpaired) electrons. The van der Waals surface area contributed by atoms with Crippen LogP contribution in [0.25, 0.3) is 0 Å². The number of fused-ring (bicyclic) bond motifs is 4. The van der Waals surface area contributed by atoms with E-state index in [4.69, 9.17) is 0 Å². The van der Waals surface area contributed by atoms with E-state index >= 15 is 0 Å². The first-order valence-electron chi connectivity index (χ1n) is 8.35. The highest BCUT2D eigenvalue weighted by molar-refractivity contribution is 5.42. The Morgan fingerprint density at radius 3 is 2.62 bits per heavy atom. The molecule has 3 unspecified atom stereocenters. The van der Waals surface area contributed by atoms with Gasteiger partial charge in [0.15, 0.2) is 0 Å². The molecule has 1 heterocycles. The molecule has 21 heavy (non-hydrogen) atoms. The maximum Gasteiger partial charge on any atom is 0.0361 e. The molecule has 114 valence electrons. The Hall–Kier alpha value is -1.24. The fraction of sp³-hybridized carbons (Fsp3) is 0.600. The van der Waals surface area contributed by atoms with Crippen LogP contribution >= 0.6 is 0 Å². The lowest BCUT2D eigenvalue weighted by Gasteiger charge is -2.56. The van der Waals surface area contributed by atoms with Crippen LogP contribution in [-0.2, 0) is 11.8 Å². The average Bonchev–Trinajstić information content (AvgIpc) is 2.43. The van der Waals surface area contributed by atoms with E-state index in [1.807, 2.05) is 0 Å². The predicted octanol–water partition coefficient (Wildman–Crippen LogP) is 4.83. The van der Waals surface area contributed by atoms with Crippen LogP contribution in [0.15, 0.2) is 29.5 Å². The number of allylic oxidation sites excluding steroid dienone is 2. The van der Waals surface area contributed by atoms with Gasteiger partial charge in [-0.15, -0.1) is 0 Å². The largest absolute Gasteiger partial charge is 0.371 e. The third-order valence-corrected chi connectivity index (χ3v) is 6.32. The lowest BCUT2D eigenvalue weighted by Crippen LogP contribution is -2.57. The quantitative estimate of drug-likeness (QED) is 0.713. The van der Waals surface area contributed by atoms with Gasteiger partial charge in [-0.25, -0.2) is 0 Å². The van der Waals surface area contributed by atoms with E-state index in [0.29, 0.717) is 11.5 Å². The van der Waals surface area contributed by atoms with Crippen molar-refractivity contribution in [1.82, 2.24) is 4.90 Å². The van der Waals surface area contributed by atoms with E-state index in [-0.39, 0.29) is 0 Å². The first-order chi connectivity index (χ1) is 9.84. The Morgan fingerprint density at radius 2 is 1.95 bits per heavy atom. The standard InChI is InChI=1S/C20H29N/c1-13(2)16(5)21-10-9-20(6)15(4)19(21)12-17-8-7-14(3)11-18(17)20/h7-8,11,15,19H,9-10,12H2,1-6H3. The smallest absolute Gasteiger partial charge is 0.0361 e. The number of benzene rings is 1. The van der Waals surface area contributed by atoms with Crippen molar-refractivity contribution in [3.8, 4) is 0 Å². The molecular weight excluding hydrogens is 254 g/mol. The number of piperidine rings is 1. The SMILES string of the molecule is CC(C)=C(C)N1CCC2(C)c3cc(C)ccc3CC1C2C. The van der Waals surface area contributed by atoms with E-state index in [2.05, 4.69) is 64.6 Å². The molecule has 0 aromatic heterocycles. The first kappa shape index (κ1) is 14.7. The Morgan fingerprint density at radius 1 is 1.24 bits per heavy atom. The van der Waals surface area contributed by atoms with Crippen LogP contribution in [0.2, 0.25) is 0 Å². The van der Waals surface area contributed by atoms with Crippen molar-refractivity contribution in [2.75, 3.05) is 6.54 Å². The van der Waals surface area contributed by atoms with Crippen molar-refractivity contribution in [3.63, 3.8) is 0 Å².